The molecule has 10 atom stereocenters. The first-order valence-electron chi connectivity index (χ1n) is 13.7. The van der Waals surface area contributed by atoms with Crippen LogP contribution in [0.1, 0.15) is 12.5 Å². The van der Waals surface area contributed by atoms with Crippen LogP contribution in [-0.2, 0) is 68.3 Å². The molecule has 3 rings (SSSR count). The maximum atomic E-state index is 13.0. The van der Waals surface area contributed by atoms with Gasteiger partial charge in [0.25, 0.3) is 3.79 Å². The van der Waals surface area contributed by atoms with Gasteiger partial charge in [0.1, 0.15) is 36.6 Å². The molecule has 254 valence electrons. The molecule has 0 radical (unpaired) electrons. The van der Waals surface area contributed by atoms with Gasteiger partial charge in [0, 0.05) is 35.4 Å². The summed E-state index contributed by atoms with van der Waals surface area (Å²) in [5.41, 5.74) is 0.951. The summed E-state index contributed by atoms with van der Waals surface area (Å²) >= 11 is 17.4. The van der Waals surface area contributed by atoms with Crippen molar-refractivity contribution in [2.24, 2.45) is 0 Å². The summed E-state index contributed by atoms with van der Waals surface area (Å²) in [4.78, 5) is 25.2. The third kappa shape index (κ3) is 9.61. The molecule has 1 N–H and O–H groups in total. The molecule has 1 aromatic rings. The van der Waals surface area contributed by atoms with Gasteiger partial charge in [-0.05, 0) is 5.56 Å². The fourth-order valence-corrected chi connectivity index (χ4v) is 5.21. The quantitative estimate of drug-likeness (QED) is 0.138. The van der Waals surface area contributed by atoms with E-state index >= 15 is 0 Å². The number of alkyl halides is 3. The van der Waals surface area contributed by atoms with E-state index in [2.05, 4.69) is 0 Å². The molecule has 2 heterocycles. The lowest BCUT2D eigenvalue weighted by Crippen LogP contribution is -2.67. The number of hydrogen-bond acceptors (Lipinski definition) is 14. The second-order valence-electron chi connectivity index (χ2n) is 9.91. The maximum absolute atomic E-state index is 13.0. The van der Waals surface area contributed by atoms with Crippen LogP contribution in [0.4, 0.5) is 0 Å². The molecule has 0 unspecified atom stereocenters. The van der Waals surface area contributed by atoms with E-state index < -0.39 is 83.0 Å². The molecule has 0 spiro atoms. The minimum Gasteiger partial charge on any atom is -0.467 e. The summed E-state index contributed by atoms with van der Waals surface area (Å²) in [6.07, 6.45) is -11.5. The van der Waals surface area contributed by atoms with Crippen molar-refractivity contribution in [3.05, 3.63) is 35.9 Å². The Hall–Kier alpha value is -1.82. The zero-order valence-corrected chi connectivity index (χ0v) is 27.8. The van der Waals surface area contributed by atoms with Crippen LogP contribution in [0.5, 0.6) is 0 Å². The molecule has 2 saturated heterocycles. The molecule has 14 nitrogen and oxygen atoms in total. The average molecular weight is 703 g/mol. The SMILES string of the molecule is COC(=O)[C@H]1O[C@@H](OC(=N)C(Cl)(Cl)Cl)[C@H](OC(C)=O)[C@@H](OC)[C@@H]1O[C@H]1O[C@H](COCc2ccccc2)[C@@H](OC)[C@H](OC)[C@H]1OC. The summed E-state index contributed by atoms with van der Waals surface area (Å²) in [5.74, 6) is -2.55. The van der Waals surface area contributed by atoms with Crippen LogP contribution in [0.25, 0.3) is 0 Å². The highest BCUT2D eigenvalue weighted by Crippen LogP contribution is 2.36. The van der Waals surface area contributed by atoms with Crippen molar-refractivity contribution in [2.45, 2.75) is 78.7 Å². The van der Waals surface area contributed by atoms with Crippen molar-refractivity contribution >= 4 is 52.6 Å². The van der Waals surface area contributed by atoms with Gasteiger partial charge in [-0.2, -0.15) is 0 Å². The highest BCUT2D eigenvalue weighted by atomic mass is 35.6. The minimum absolute atomic E-state index is 0.0734. The van der Waals surface area contributed by atoms with Gasteiger partial charge in [0.2, 0.25) is 12.2 Å². The van der Waals surface area contributed by atoms with Crippen molar-refractivity contribution in [1.29, 1.82) is 5.41 Å². The number of ether oxygens (including phenoxy) is 11. The Labute approximate surface area is 276 Å². The Morgan fingerprint density at radius 1 is 0.800 bits per heavy atom. The van der Waals surface area contributed by atoms with Crippen LogP contribution in [0.2, 0.25) is 0 Å². The standard InChI is InChI=1S/C28H38Cl3NO13/c1-14(33)41-23-19(37-4)20(21(24(34)39-6)44-26(23)45-27(32)28(29,30)31)43-25-22(38-5)18(36-3)17(35-2)16(42-25)13-40-12-15-10-8-7-9-11-15/h7-11,16-23,25-26,32H,12-13H2,1-6H3/t16-,17-,18+,19+,20+,21+,22-,23-,25-,26+/m1/s1. The molecule has 0 saturated carbocycles. The number of carbonyl (C=O) groups excluding carboxylic acids is 2. The molecule has 2 aliphatic rings. The summed E-state index contributed by atoms with van der Waals surface area (Å²) in [6, 6.07) is 9.55. The number of halogens is 3. The lowest BCUT2D eigenvalue weighted by Gasteiger charge is -2.48. The van der Waals surface area contributed by atoms with Gasteiger partial charge < -0.3 is 52.1 Å². The van der Waals surface area contributed by atoms with E-state index in [-0.39, 0.29) is 6.61 Å². The van der Waals surface area contributed by atoms with E-state index in [0.717, 1.165) is 19.6 Å². The molecule has 2 fully saturated rings. The van der Waals surface area contributed by atoms with Crippen molar-refractivity contribution in [3.8, 4) is 0 Å². The Morgan fingerprint density at radius 3 is 1.93 bits per heavy atom. The van der Waals surface area contributed by atoms with Gasteiger partial charge >= 0.3 is 11.9 Å². The normalized spacial score (nSPS) is 32.0. The van der Waals surface area contributed by atoms with Crippen molar-refractivity contribution in [1.82, 2.24) is 0 Å². The highest BCUT2D eigenvalue weighted by Gasteiger charge is 2.57. The largest absolute Gasteiger partial charge is 0.467 e. The van der Waals surface area contributed by atoms with E-state index in [1.165, 1.54) is 28.4 Å². The van der Waals surface area contributed by atoms with Crippen LogP contribution in [-0.4, -0.2) is 125 Å². The first-order chi connectivity index (χ1) is 21.4. The van der Waals surface area contributed by atoms with Crippen molar-refractivity contribution < 1.29 is 61.7 Å². The Morgan fingerprint density at radius 2 is 1.40 bits per heavy atom. The second-order valence-corrected chi connectivity index (χ2v) is 12.2. The summed E-state index contributed by atoms with van der Waals surface area (Å²) < 4.78 is 60.8. The van der Waals surface area contributed by atoms with E-state index in [0.29, 0.717) is 6.61 Å². The highest BCUT2D eigenvalue weighted by molar-refractivity contribution is 6.76. The molecule has 0 amide bonds. The lowest BCUT2D eigenvalue weighted by atomic mass is 9.96. The van der Waals surface area contributed by atoms with Crippen LogP contribution < -0.4 is 0 Å². The average Bonchev–Trinajstić information content (AvgIpc) is 3.01. The van der Waals surface area contributed by atoms with Crippen LogP contribution in [0.15, 0.2) is 30.3 Å². The molecule has 0 aromatic heterocycles. The maximum Gasteiger partial charge on any atom is 0.338 e. The number of benzene rings is 1. The van der Waals surface area contributed by atoms with Gasteiger partial charge in [-0.3, -0.25) is 10.2 Å². The Kier molecular flexibility index (Phi) is 14.5. The van der Waals surface area contributed by atoms with Gasteiger partial charge in [-0.25, -0.2) is 4.79 Å². The first-order valence-corrected chi connectivity index (χ1v) is 14.8. The molecule has 17 heteroatoms. The molecular weight excluding hydrogens is 665 g/mol. The predicted octanol–water partition coefficient (Wildman–Crippen LogP) is 2.57. The van der Waals surface area contributed by atoms with Crippen LogP contribution in [0.3, 0.4) is 0 Å². The topological polar surface area (TPSA) is 160 Å². The number of carbonyl (C=O) groups is 2. The monoisotopic (exact) mass is 701 g/mol. The molecule has 0 bridgehead atoms. The van der Waals surface area contributed by atoms with Gasteiger partial charge in [-0.15, -0.1) is 0 Å². The lowest BCUT2D eigenvalue weighted by molar-refractivity contribution is -0.357. The van der Waals surface area contributed by atoms with Crippen LogP contribution in [0, 0.1) is 5.41 Å². The smallest absolute Gasteiger partial charge is 0.338 e. The number of methoxy groups -OCH3 is 5. The Balaban J connectivity index is 1.94. The van der Waals surface area contributed by atoms with E-state index in [4.69, 9.17) is 92.3 Å². The van der Waals surface area contributed by atoms with Gasteiger partial charge in [0.15, 0.2) is 18.5 Å². The second kappa shape index (κ2) is 17.4. The predicted molar refractivity (Wildman–Crippen MR) is 158 cm³/mol. The Bertz CT molecular complexity index is 1110. The van der Waals surface area contributed by atoms with Crippen LogP contribution >= 0.6 is 34.8 Å². The summed E-state index contributed by atoms with van der Waals surface area (Å²) in [6.45, 7) is 1.50. The van der Waals surface area contributed by atoms with E-state index in [9.17, 15) is 9.59 Å². The zero-order chi connectivity index (χ0) is 33.3. The van der Waals surface area contributed by atoms with Gasteiger partial charge in [0.05, 0.1) is 20.3 Å². The number of rotatable bonds is 13. The first kappa shape index (κ1) is 37.6. The third-order valence-corrected chi connectivity index (χ3v) is 7.60. The minimum atomic E-state index is -2.30. The summed E-state index contributed by atoms with van der Waals surface area (Å²) in [5, 5.41) is 8.01. The van der Waals surface area contributed by atoms with Gasteiger partial charge in [-0.1, -0.05) is 65.1 Å². The van der Waals surface area contributed by atoms with Crippen molar-refractivity contribution in [2.75, 3.05) is 42.2 Å². The van der Waals surface area contributed by atoms with Crippen molar-refractivity contribution in [3.63, 3.8) is 0 Å². The number of nitrogens with one attached hydrogen (secondary N) is 1. The molecule has 2 aliphatic heterocycles. The molecule has 45 heavy (non-hydrogen) atoms. The zero-order valence-electron chi connectivity index (χ0n) is 25.5. The molecule has 1 aromatic carbocycles. The third-order valence-electron chi connectivity index (χ3n) is 7.09. The van der Waals surface area contributed by atoms with E-state index in [1.54, 1.807) is 0 Å². The molecule has 0 aliphatic carbocycles. The fourth-order valence-electron chi connectivity index (χ4n) is 5.07. The molecular formula is C28H38Cl3NO13. The fraction of sp³-hybridized carbons (Fsp3) is 0.679. The summed E-state index contributed by atoms with van der Waals surface area (Å²) in [7, 11) is 6.81. The van der Waals surface area contributed by atoms with E-state index in [1.807, 2.05) is 30.3 Å². The number of hydrogen-bond donors (Lipinski definition) is 1. The number of esters is 2.